The molecule has 0 N–H and O–H groups in total. The van der Waals surface area contributed by atoms with Crippen molar-refractivity contribution in [1.29, 1.82) is 0 Å². The van der Waals surface area contributed by atoms with Crippen LogP contribution in [0.3, 0.4) is 0 Å². The van der Waals surface area contributed by atoms with E-state index in [0.29, 0.717) is 26.3 Å². The standard InChI is InChI=1S/C25H35N3O5/c1-25(2,3)33-24(30)27-12-14-32-22(17-27)23(29)28(19-9-10-19)16-18-15-26(11-13-31-4)21-8-6-5-7-20(18)21/h5-8,15,19,22H,9-14,16-17H2,1-4H3. The second kappa shape index (κ2) is 9.73. The lowest BCUT2D eigenvalue weighted by atomic mass is 10.1. The first-order chi connectivity index (χ1) is 15.8. The Kier molecular flexibility index (Phi) is 6.95. The molecule has 2 aliphatic rings. The third kappa shape index (κ3) is 5.68. The van der Waals surface area contributed by atoms with Crippen molar-refractivity contribution in [3.8, 4) is 0 Å². The summed E-state index contributed by atoms with van der Waals surface area (Å²) in [5, 5.41) is 1.15. The zero-order chi connectivity index (χ0) is 23.6. The van der Waals surface area contributed by atoms with Crippen molar-refractivity contribution in [3.05, 3.63) is 36.0 Å². The van der Waals surface area contributed by atoms with Crippen LogP contribution in [0.4, 0.5) is 4.79 Å². The summed E-state index contributed by atoms with van der Waals surface area (Å²) >= 11 is 0. The van der Waals surface area contributed by atoms with Crippen molar-refractivity contribution in [2.24, 2.45) is 0 Å². The molecule has 1 saturated heterocycles. The second-order valence-electron chi connectivity index (χ2n) is 9.84. The summed E-state index contributed by atoms with van der Waals surface area (Å²) in [7, 11) is 1.70. The molecular formula is C25H35N3O5. The lowest BCUT2D eigenvalue weighted by Crippen LogP contribution is -2.53. The maximum absolute atomic E-state index is 13.5. The molecule has 1 unspecified atom stereocenters. The summed E-state index contributed by atoms with van der Waals surface area (Å²) in [6.07, 6.45) is 3.05. The smallest absolute Gasteiger partial charge is 0.410 e. The Bertz CT molecular complexity index is 992. The first-order valence-electron chi connectivity index (χ1n) is 11.7. The van der Waals surface area contributed by atoms with Crippen molar-refractivity contribution in [2.75, 3.05) is 33.4 Å². The number of ether oxygens (including phenoxy) is 3. The molecule has 1 aromatic heterocycles. The quantitative estimate of drug-likeness (QED) is 0.637. The largest absolute Gasteiger partial charge is 0.444 e. The fraction of sp³-hybridized carbons (Fsp3) is 0.600. The van der Waals surface area contributed by atoms with E-state index in [2.05, 4.69) is 22.9 Å². The monoisotopic (exact) mass is 457 g/mol. The third-order valence-electron chi connectivity index (χ3n) is 6.01. The number of aromatic nitrogens is 1. The van der Waals surface area contributed by atoms with Gasteiger partial charge in [-0.25, -0.2) is 4.79 Å². The van der Waals surface area contributed by atoms with Crippen LogP contribution in [0.15, 0.2) is 30.5 Å². The van der Waals surface area contributed by atoms with Crippen LogP contribution in [0.25, 0.3) is 10.9 Å². The third-order valence-corrected chi connectivity index (χ3v) is 6.01. The Morgan fingerprint density at radius 1 is 1.21 bits per heavy atom. The number of rotatable bonds is 7. The Morgan fingerprint density at radius 2 is 1.97 bits per heavy atom. The van der Waals surface area contributed by atoms with E-state index < -0.39 is 17.8 Å². The van der Waals surface area contributed by atoms with Crippen LogP contribution in [0.5, 0.6) is 0 Å². The molecule has 8 heteroatoms. The molecule has 1 saturated carbocycles. The van der Waals surface area contributed by atoms with Gasteiger partial charge in [0, 0.05) is 49.9 Å². The van der Waals surface area contributed by atoms with Gasteiger partial charge in [0.05, 0.1) is 19.8 Å². The number of benzene rings is 1. The molecule has 2 fully saturated rings. The zero-order valence-electron chi connectivity index (χ0n) is 20.1. The molecule has 8 nitrogen and oxygen atoms in total. The van der Waals surface area contributed by atoms with Crippen molar-refractivity contribution < 1.29 is 23.8 Å². The number of hydrogen-bond donors (Lipinski definition) is 0. The number of para-hydroxylation sites is 1. The van der Waals surface area contributed by atoms with Gasteiger partial charge in [-0.15, -0.1) is 0 Å². The summed E-state index contributed by atoms with van der Waals surface area (Å²) in [4.78, 5) is 29.6. The van der Waals surface area contributed by atoms with Crippen LogP contribution < -0.4 is 0 Å². The topological polar surface area (TPSA) is 73.2 Å². The molecule has 33 heavy (non-hydrogen) atoms. The van der Waals surface area contributed by atoms with E-state index in [-0.39, 0.29) is 18.5 Å². The highest BCUT2D eigenvalue weighted by atomic mass is 16.6. The normalized spacial score (nSPS) is 19.0. The van der Waals surface area contributed by atoms with Gasteiger partial charge >= 0.3 is 6.09 Å². The number of nitrogens with zero attached hydrogens (tertiary/aromatic N) is 3. The molecule has 1 atom stereocenters. The van der Waals surface area contributed by atoms with Crippen LogP contribution in [-0.4, -0.2) is 77.5 Å². The Morgan fingerprint density at radius 3 is 2.67 bits per heavy atom. The number of methoxy groups -OCH3 is 1. The number of carbonyl (C=O) groups excluding carboxylic acids is 2. The number of carbonyl (C=O) groups is 2. The van der Waals surface area contributed by atoms with Crippen LogP contribution in [0, 0.1) is 0 Å². The molecule has 0 spiro atoms. The van der Waals surface area contributed by atoms with Crippen LogP contribution in [-0.2, 0) is 32.1 Å². The van der Waals surface area contributed by atoms with Crippen molar-refractivity contribution >= 4 is 22.9 Å². The number of amides is 2. The van der Waals surface area contributed by atoms with Gasteiger partial charge in [0.25, 0.3) is 5.91 Å². The lowest BCUT2D eigenvalue weighted by Gasteiger charge is -2.35. The maximum Gasteiger partial charge on any atom is 0.410 e. The molecular weight excluding hydrogens is 422 g/mol. The van der Waals surface area contributed by atoms with Gasteiger partial charge in [-0.3, -0.25) is 4.79 Å². The highest BCUT2D eigenvalue weighted by Gasteiger charge is 2.39. The highest BCUT2D eigenvalue weighted by molar-refractivity contribution is 5.86. The molecule has 0 bridgehead atoms. The Labute approximate surface area is 195 Å². The van der Waals surface area contributed by atoms with Gasteiger partial charge in [-0.2, -0.15) is 0 Å². The molecule has 2 aromatic rings. The van der Waals surface area contributed by atoms with Crippen molar-refractivity contribution in [1.82, 2.24) is 14.4 Å². The predicted octanol–water partition coefficient (Wildman–Crippen LogP) is 3.41. The predicted molar refractivity (Wildman–Crippen MR) is 125 cm³/mol. The SMILES string of the molecule is COCCn1cc(CN(C(=O)C2CN(C(=O)OC(C)(C)C)CCO2)C2CC2)c2ccccc21. The van der Waals surface area contributed by atoms with E-state index in [9.17, 15) is 9.59 Å². The van der Waals surface area contributed by atoms with Crippen LogP contribution in [0.1, 0.15) is 39.2 Å². The van der Waals surface area contributed by atoms with Crippen molar-refractivity contribution in [2.45, 2.75) is 64.4 Å². The van der Waals surface area contributed by atoms with Gasteiger partial charge in [-0.05, 0) is 45.2 Å². The lowest BCUT2D eigenvalue weighted by molar-refractivity contribution is -0.150. The molecule has 4 rings (SSSR count). The van der Waals surface area contributed by atoms with E-state index >= 15 is 0 Å². The average molecular weight is 458 g/mol. The minimum absolute atomic E-state index is 0.0560. The fourth-order valence-electron chi connectivity index (χ4n) is 4.26. The highest BCUT2D eigenvalue weighted by Crippen LogP contribution is 2.32. The Hall–Kier alpha value is -2.58. The van der Waals surface area contributed by atoms with E-state index in [4.69, 9.17) is 14.2 Å². The van der Waals surface area contributed by atoms with Gasteiger partial charge in [0.2, 0.25) is 0 Å². The summed E-state index contributed by atoms with van der Waals surface area (Å²) in [5.41, 5.74) is 1.67. The first-order valence-corrected chi connectivity index (χ1v) is 11.7. The van der Waals surface area contributed by atoms with Gasteiger partial charge in [0.15, 0.2) is 6.10 Å². The molecule has 2 amide bonds. The van der Waals surface area contributed by atoms with E-state index in [1.54, 1.807) is 12.0 Å². The molecule has 1 aliphatic heterocycles. The van der Waals surface area contributed by atoms with E-state index in [1.165, 1.54) is 0 Å². The van der Waals surface area contributed by atoms with Gasteiger partial charge in [0.1, 0.15) is 5.60 Å². The minimum atomic E-state index is -0.672. The summed E-state index contributed by atoms with van der Waals surface area (Å²) in [6, 6.07) is 8.48. The first kappa shape index (κ1) is 23.6. The number of hydrogen-bond acceptors (Lipinski definition) is 5. The molecule has 1 aromatic carbocycles. The van der Waals surface area contributed by atoms with Gasteiger partial charge in [-0.1, -0.05) is 18.2 Å². The maximum atomic E-state index is 13.5. The van der Waals surface area contributed by atoms with Gasteiger partial charge < -0.3 is 28.6 Å². The number of morpholine rings is 1. The fourth-order valence-corrected chi connectivity index (χ4v) is 4.26. The second-order valence-corrected chi connectivity index (χ2v) is 9.84. The Balaban J connectivity index is 1.50. The molecule has 0 radical (unpaired) electrons. The minimum Gasteiger partial charge on any atom is -0.444 e. The molecule has 1 aliphatic carbocycles. The molecule has 180 valence electrons. The number of fused-ring (bicyclic) bond motifs is 1. The summed E-state index contributed by atoms with van der Waals surface area (Å²) in [6.45, 7) is 8.39. The zero-order valence-corrected chi connectivity index (χ0v) is 20.1. The average Bonchev–Trinajstić information content (AvgIpc) is 3.57. The van der Waals surface area contributed by atoms with Crippen LogP contribution in [0.2, 0.25) is 0 Å². The van der Waals surface area contributed by atoms with E-state index in [0.717, 1.165) is 35.9 Å². The molecule has 2 heterocycles. The summed E-state index contributed by atoms with van der Waals surface area (Å²) in [5.74, 6) is -0.0560. The van der Waals surface area contributed by atoms with Crippen LogP contribution >= 0.6 is 0 Å². The van der Waals surface area contributed by atoms with E-state index in [1.807, 2.05) is 37.8 Å². The van der Waals surface area contributed by atoms with Crippen molar-refractivity contribution in [3.63, 3.8) is 0 Å². The summed E-state index contributed by atoms with van der Waals surface area (Å²) < 4.78 is 18.8.